The third-order valence-corrected chi connectivity index (χ3v) is 3.62. The van der Waals surface area contributed by atoms with Gasteiger partial charge in [-0.15, -0.1) is 0 Å². The van der Waals surface area contributed by atoms with E-state index in [-0.39, 0.29) is 5.82 Å². The molecule has 3 rings (SSSR count). The van der Waals surface area contributed by atoms with Crippen molar-refractivity contribution >= 4 is 21.6 Å². The van der Waals surface area contributed by atoms with Gasteiger partial charge in [0.25, 0.3) is 0 Å². The molecule has 4 nitrogen and oxygen atoms in total. The minimum Gasteiger partial charge on any atom is -0.399 e. The first kappa shape index (κ1) is 13.8. The summed E-state index contributed by atoms with van der Waals surface area (Å²) in [7, 11) is 0. The van der Waals surface area contributed by atoms with E-state index in [2.05, 4.69) is 26.0 Å². The van der Waals surface area contributed by atoms with Gasteiger partial charge in [-0.1, -0.05) is 18.2 Å². The quantitative estimate of drug-likeness (QED) is 0.738. The fraction of sp³-hybridized carbons (Fsp3) is 0.0667. The van der Waals surface area contributed by atoms with Crippen molar-refractivity contribution in [1.82, 2.24) is 14.8 Å². The summed E-state index contributed by atoms with van der Waals surface area (Å²) < 4.78 is 15.4. The van der Waals surface area contributed by atoms with Crippen molar-refractivity contribution in [2.24, 2.45) is 0 Å². The smallest absolute Gasteiger partial charge is 0.181 e. The van der Waals surface area contributed by atoms with Crippen LogP contribution in [-0.2, 0) is 6.54 Å². The lowest BCUT2D eigenvalue weighted by Gasteiger charge is -2.02. The van der Waals surface area contributed by atoms with Crippen molar-refractivity contribution < 1.29 is 4.39 Å². The predicted octanol–water partition coefficient (Wildman–Crippen LogP) is 3.48. The summed E-state index contributed by atoms with van der Waals surface area (Å²) in [6.07, 6.45) is 1.65. The summed E-state index contributed by atoms with van der Waals surface area (Å²) in [6, 6.07) is 12.3. The SMILES string of the molecule is Nc1cccc(-c2ncn(Cc3ccc(F)c(Br)c3)n2)c1. The molecule has 2 aromatic carbocycles. The number of halogens is 2. The maximum atomic E-state index is 13.2. The Morgan fingerprint density at radius 1 is 1.19 bits per heavy atom. The first-order valence-corrected chi connectivity index (χ1v) is 7.10. The van der Waals surface area contributed by atoms with Crippen LogP contribution in [0.4, 0.5) is 10.1 Å². The molecule has 0 radical (unpaired) electrons. The first-order chi connectivity index (χ1) is 10.1. The van der Waals surface area contributed by atoms with E-state index in [9.17, 15) is 4.39 Å². The Morgan fingerprint density at radius 3 is 2.81 bits per heavy atom. The fourth-order valence-electron chi connectivity index (χ4n) is 2.01. The summed E-state index contributed by atoms with van der Waals surface area (Å²) >= 11 is 3.18. The number of benzene rings is 2. The van der Waals surface area contributed by atoms with Gasteiger partial charge in [0, 0.05) is 11.3 Å². The number of nitrogens with zero attached hydrogens (tertiary/aromatic N) is 3. The Kier molecular flexibility index (Phi) is 3.70. The van der Waals surface area contributed by atoms with Crippen LogP contribution in [0.2, 0.25) is 0 Å². The summed E-state index contributed by atoms with van der Waals surface area (Å²) in [6.45, 7) is 0.522. The Hall–Kier alpha value is -2.21. The van der Waals surface area contributed by atoms with Gasteiger partial charge in [0.15, 0.2) is 5.82 Å². The Morgan fingerprint density at radius 2 is 2.05 bits per heavy atom. The van der Waals surface area contributed by atoms with E-state index in [1.165, 1.54) is 6.07 Å². The summed E-state index contributed by atoms with van der Waals surface area (Å²) in [4.78, 5) is 4.27. The molecule has 0 saturated heterocycles. The molecule has 0 aliphatic heterocycles. The van der Waals surface area contributed by atoms with Crippen molar-refractivity contribution in [2.45, 2.75) is 6.54 Å². The van der Waals surface area contributed by atoms with Gasteiger partial charge in [0.1, 0.15) is 12.1 Å². The zero-order valence-electron chi connectivity index (χ0n) is 11.0. The van der Waals surface area contributed by atoms with Gasteiger partial charge in [-0.2, -0.15) is 5.10 Å². The third-order valence-electron chi connectivity index (χ3n) is 3.01. The molecule has 21 heavy (non-hydrogen) atoms. The molecule has 3 aromatic rings. The molecule has 0 aliphatic carbocycles. The van der Waals surface area contributed by atoms with E-state index in [4.69, 9.17) is 5.73 Å². The lowest BCUT2D eigenvalue weighted by Crippen LogP contribution is -2.00. The zero-order valence-corrected chi connectivity index (χ0v) is 12.6. The van der Waals surface area contributed by atoms with Crippen LogP contribution in [0.15, 0.2) is 53.3 Å². The van der Waals surface area contributed by atoms with E-state index in [1.807, 2.05) is 24.3 Å². The maximum absolute atomic E-state index is 13.2. The van der Waals surface area contributed by atoms with Crippen LogP contribution >= 0.6 is 15.9 Å². The lowest BCUT2D eigenvalue weighted by molar-refractivity contribution is 0.617. The van der Waals surface area contributed by atoms with Crippen molar-refractivity contribution in [1.29, 1.82) is 0 Å². The van der Waals surface area contributed by atoms with Crippen molar-refractivity contribution in [3.8, 4) is 11.4 Å². The highest BCUT2D eigenvalue weighted by Crippen LogP contribution is 2.19. The molecule has 0 saturated carbocycles. The van der Waals surface area contributed by atoms with Crippen molar-refractivity contribution in [2.75, 3.05) is 5.73 Å². The second-order valence-corrected chi connectivity index (χ2v) is 5.49. The molecule has 0 bridgehead atoms. The monoisotopic (exact) mass is 346 g/mol. The maximum Gasteiger partial charge on any atom is 0.181 e. The lowest BCUT2D eigenvalue weighted by atomic mass is 10.2. The van der Waals surface area contributed by atoms with Crippen LogP contribution < -0.4 is 5.73 Å². The van der Waals surface area contributed by atoms with Gasteiger partial charge in [-0.3, -0.25) is 0 Å². The molecule has 0 spiro atoms. The van der Waals surface area contributed by atoms with Gasteiger partial charge in [0.05, 0.1) is 11.0 Å². The zero-order chi connectivity index (χ0) is 14.8. The highest BCUT2D eigenvalue weighted by atomic mass is 79.9. The Balaban J connectivity index is 1.83. The Bertz CT molecular complexity index is 785. The largest absolute Gasteiger partial charge is 0.399 e. The molecule has 106 valence electrons. The number of anilines is 1. The summed E-state index contributed by atoms with van der Waals surface area (Å²) in [5, 5.41) is 4.41. The number of nitrogens with two attached hydrogens (primary N) is 1. The molecule has 0 unspecified atom stereocenters. The topological polar surface area (TPSA) is 56.7 Å². The van der Waals surface area contributed by atoms with Crippen LogP contribution in [0.3, 0.4) is 0 Å². The van der Waals surface area contributed by atoms with Crippen LogP contribution in [-0.4, -0.2) is 14.8 Å². The van der Waals surface area contributed by atoms with Gasteiger partial charge >= 0.3 is 0 Å². The third kappa shape index (κ3) is 3.11. The van der Waals surface area contributed by atoms with E-state index < -0.39 is 0 Å². The van der Waals surface area contributed by atoms with Crippen LogP contribution in [0, 0.1) is 5.82 Å². The van der Waals surface area contributed by atoms with Crippen molar-refractivity contribution in [3.63, 3.8) is 0 Å². The Labute approximate surface area is 129 Å². The summed E-state index contributed by atoms with van der Waals surface area (Å²) in [5.41, 5.74) is 8.23. The molecule has 0 fully saturated rings. The molecule has 1 aromatic heterocycles. The molecular formula is C15H12BrFN4. The van der Waals surface area contributed by atoms with E-state index in [0.29, 0.717) is 22.5 Å². The molecule has 0 amide bonds. The van der Waals surface area contributed by atoms with Gasteiger partial charge < -0.3 is 5.73 Å². The minimum absolute atomic E-state index is 0.280. The number of hydrogen-bond acceptors (Lipinski definition) is 3. The normalized spacial score (nSPS) is 10.8. The number of aromatic nitrogens is 3. The first-order valence-electron chi connectivity index (χ1n) is 6.31. The highest BCUT2D eigenvalue weighted by molar-refractivity contribution is 9.10. The predicted molar refractivity (Wildman–Crippen MR) is 83.1 cm³/mol. The van der Waals surface area contributed by atoms with Gasteiger partial charge in [0.2, 0.25) is 0 Å². The molecule has 0 atom stereocenters. The average molecular weight is 347 g/mol. The van der Waals surface area contributed by atoms with E-state index >= 15 is 0 Å². The molecular weight excluding hydrogens is 335 g/mol. The minimum atomic E-state index is -0.280. The van der Waals surface area contributed by atoms with Gasteiger partial charge in [-0.05, 0) is 45.8 Å². The van der Waals surface area contributed by atoms with E-state index in [1.54, 1.807) is 23.1 Å². The van der Waals surface area contributed by atoms with Crippen LogP contribution in [0.25, 0.3) is 11.4 Å². The van der Waals surface area contributed by atoms with Crippen LogP contribution in [0.1, 0.15) is 5.56 Å². The number of rotatable bonds is 3. The molecule has 1 heterocycles. The summed E-state index contributed by atoms with van der Waals surface area (Å²) in [5.74, 6) is 0.335. The van der Waals surface area contributed by atoms with Crippen molar-refractivity contribution in [3.05, 3.63) is 64.6 Å². The molecule has 6 heteroatoms. The fourth-order valence-corrected chi connectivity index (χ4v) is 2.43. The molecule has 0 aliphatic rings. The second kappa shape index (κ2) is 5.65. The number of hydrogen-bond donors (Lipinski definition) is 1. The highest BCUT2D eigenvalue weighted by Gasteiger charge is 2.06. The second-order valence-electron chi connectivity index (χ2n) is 4.64. The average Bonchev–Trinajstić information content (AvgIpc) is 2.91. The van der Waals surface area contributed by atoms with E-state index in [0.717, 1.165) is 11.1 Å². The number of nitrogen functional groups attached to an aromatic ring is 1. The van der Waals surface area contributed by atoms with Gasteiger partial charge in [-0.25, -0.2) is 14.1 Å². The molecule has 2 N–H and O–H groups in total. The van der Waals surface area contributed by atoms with Crippen LogP contribution in [0.5, 0.6) is 0 Å². The standard InChI is InChI=1S/C15H12BrFN4/c16-13-6-10(4-5-14(13)17)8-21-9-19-15(20-21)11-2-1-3-12(18)7-11/h1-7,9H,8,18H2.